The Morgan fingerprint density at radius 1 is 1.25 bits per heavy atom. The molecule has 0 aromatic carbocycles. The number of nitrogens with zero attached hydrogens (tertiary/aromatic N) is 2. The smallest absolute Gasteiger partial charge is 0.340 e. The van der Waals surface area contributed by atoms with E-state index in [-0.39, 0.29) is 11.5 Å². The Kier molecular flexibility index (Phi) is 6.64. The molecule has 1 amide bonds. The lowest BCUT2D eigenvalue weighted by atomic mass is 10.1. The fraction of sp³-hybridized carbons (Fsp3) is 0.643. The molecular formula is C14H22N2O3S. The summed E-state index contributed by atoms with van der Waals surface area (Å²) in [6, 6.07) is 0. The Hall–Kier alpha value is -1.43. The van der Waals surface area contributed by atoms with Crippen LogP contribution in [-0.2, 0) is 4.79 Å². The monoisotopic (exact) mass is 298 g/mol. The molecule has 0 atom stereocenters. The first kappa shape index (κ1) is 16.6. The number of aromatic carboxylic acids is 1. The van der Waals surface area contributed by atoms with Gasteiger partial charge in [0, 0.05) is 13.5 Å². The number of anilines is 1. The molecule has 1 aromatic heterocycles. The van der Waals surface area contributed by atoms with Crippen LogP contribution in [0.4, 0.5) is 5.00 Å². The predicted molar refractivity (Wildman–Crippen MR) is 80.6 cm³/mol. The molecular weight excluding hydrogens is 276 g/mol. The number of aryl methyl sites for hydroxylation is 1. The molecule has 1 aromatic rings. The van der Waals surface area contributed by atoms with Crippen molar-refractivity contribution >= 4 is 28.4 Å². The highest BCUT2D eigenvalue weighted by atomic mass is 32.1. The van der Waals surface area contributed by atoms with Crippen LogP contribution in [0.2, 0.25) is 0 Å². The summed E-state index contributed by atoms with van der Waals surface area (Å²) in [4.78, 5) is 24.7. The molecule has 0 radical (unpaired) electrons. The van der Waals surface area contributed by atoms with Crippen molar-refractivity contribution in [2.75, 3.05) is 11.9 Å². The minimum absolute atomic E-state index is 0.0485. The average Bonchev–Trinajstić information content (AvgIpc) is 2.79. The Balaban J connectivity index is 2.59. The van der Waals surface area contributed by atoms with Crippen LogP contribution in [0, 0.1) is 6.92 Å². The fourth-order valence-corrected chi connectivity index (χ4v) is 2.86. The van der Waals surface area contributed by atoms with Crippen LogP contribution < -0.4 is 4.90 Å². The molecule has 1 heterocycles. The number of hydrogen-bond acceptors (Lipinski definition) is 4. The molecule has 20 heavy (non-hydrogen) atoms. The van der Waals surface area contributed by atoms with E-state index >= 15 is 0 Å². The second-order valence-corrected chi connectivity index (χ2v) is 5.62. The van der Waals surface area contributed by atoms with Gasteiger partial charge in [0.1, 0.15) is 10.6 Å². The Morgan fingerprint density at radius 3 is 2.50 bits per heavy atom. The van der Waals surface area contributed by atoms with Gasteiger partial charge < -0.3 is 10.0 Å². The van der Waals surface area contributed by atoms with E-state index in [1.807, 2.05) is 0 Å². The van der Waals surface area contributed by atoms with E-state index in [4.69, 9.17) is 5.11 Å². The third kappa shape index (κ3) is 4.30. The number of carbonyl (C=O) groups is 2. The summed E-state index contributed by atoms with van der Waals surface area (Å²) >= 11 is 1.06. The third-order valence-corrected chi connectivity index (χ3v) is 4.25. The lowest BCUT2D eigenvalue weighted by molar-refractivity contribution is -0.118. The first-order valence-electron chi connectivity index (χ1n) is 6.95. The molecule has 0 fully saturated rings. The topological polar surface area (TPSA) is 70.5 Å². The number of amides is 1. The van der Waals surface area contributed by atoms with Gasteiger partial charge in [0.25, 0.3) is 0 Å². The number of carbonyl (C=O) groups excluding carboxylic acids is 1. The lowest BCUT2D eigenvalue weighted by Gasteiger charge is -2.15. The van der Waals surface area contributed by atoms with Gasteiger partial charge in [-0.15, -0.1) is 0 Å². The second kappa shape index (κ2) is 7.99. The highest BCUT2D eigenvalue weighted by molar-refractivity contribution is 7.11. The second-order valence-electron chi connectivity index (χ2n) is 4.87. The van der Waals surface area contributed by atoms with Crippen LogP contribution in [0.25, 0.3) is 0 Å². The molecule has 1 rings (SSSR count). The van der Waals surface area contributed by atoms with Crippen molar-refractivity contribution in [2.24, 2.45) is 0 Å². The van der Waals surface area contributed by atoms with Crippen molar-refractivity contribution in [3.63, 3.8) is 0 Å². The van der Waals surface area contributed by atoms with E-state index < -0.39 is 5.97 Å². The Labute approximate surface area is 123 Å². The van der Waals surface area contributed by atoms with Gasteiger partial charge in [0.15, 0.2) is 0 Å². The lowest BCUT2D eigenvalue weighted by Crippen LogP contribution is -2.26. The molecule has 0 aliphatic carbocycles. The number of aromatic nitrogens is 1. The summed E-state index contributed by atoms with van der Waals surface area (Å²) in [5, 5.41) is 9.59. The van der Waals surface area contributed by atoms with Crippen LogP contribution in [0.15, 0.2) is 0 Å². The number of carboxylic acids is 1. The molecule has 1 N–H and O–H groups in total. The van der Waals surface area contributed by atoms with Crippen LogP contribution >= 0.6 is 11.5 Å². The summed E-state index contributed by atoms with van der Waals surface area (Å²) in [6.45, 7) is 3.80. The average molecular weight is 298 g/mol. The summed E-state index contributed by atoms with van der Waals surface area (Å²) in [6.07, 6.45) is 5.87. The van der Waals surface area contributed by atoms with E-state index in [2.05, 4.69) is 11.3 Å². The van der Waals surface area contributed by atoms with Crippen LogP contribution in [0.5, 0.6) is 0 Å². The SMILES string of the molecule is CCCCCCCC(=O)N(C)c1snc(C)c1C(=O)O. The van der Waals surface area contributed by atoms with Gasteiger partial charge >= 0.3 is 5.97 Å². The summed E-state index contributed by atoms with van der Waals surface area (Å²) < 4.78 is 4.03. The summed E-state index contributed by atoms with van der Waals surface area (Å²) in [7, 11) is 1.62. The molecule has 0 aliphatic rings. The molecule has 6 heteroatoms. The highest BCUT2D eigenvalue weighted by Crippen LogP contribution is 2.28. The fourth-order valence-electron chi connectivity index (χ4n) is 1.99. The molecule has 0 saturated heterocycles. The minimum atomic E-state index is -1.03. The normalized spacial score (nSPS) is 10.6. The quantitative estimate of drug-likeness (QED) is 0.746. The predicted octanol–water partition coefficient (Wildman–Crippen LogP) is 3.47. The van der Waals surface area contributed by atoms with E-state index in [0.29, 0.717) is 17.1 Å². The van der Waals surface area contributed by atoms with Crippen molar-refractivity contribution in [3.8, 4) is 0 Å². The van der Waals surface area contributed by atoms with E-state index in [0.717, 1.165) is 30.8 Å². The minimum Gasteiger partial charge on any atom is -0.478 e. The molecule has 112 valence electrons. The van der Waals surface area contributed by atoms with Crippen molar-refractivity contribution in [3.05, 3.63) is 11.3 Å². The van der Waals surface area contributed by atoms with E-state index in [1.54, 1.807) is 14.0 Å². The third-order valence-electron chi connectivity index (χ3n) is 3.23. The van der Waals surface area contributed by atoms with Crippen LogP contribution in [0.1, 0.15) is 61.5 Å². The highest BCUT2D eigenvalue weighted by Gasteiger charge is 2.23. The van der Waals surface area contributed by atoms with Gasteiger partial charge in [-0.1, -0.05) is 32.6 Å². The zero-order valence-corrected chi connectivity index (χ0v) is 13.1. The molecule has 0 bridgehead atoms. The van der Waals surface area contributed by atoms with Gasteiger partial charge in [-0.05, 0) is 24.9 Å². The molecule has 5 nitrogen and oxygen atoms in total. The molecule has 0 saturated carbocycles. The van der Waals surface area contributed by atoms with Crippen molar-refractivity contribution in [1.82, 2.24) is 4.37 Å². The molecule has 0 spiro atoms. The van der Waals surface area contributed by atoms with Gasteiger partial charge in [0.2, 0.25) is 5.91 Å². The largest absolute Gasteiger partial charge is 0.478 e. The van der Waals surface area contributed by atoms with Gasteiger partial charge in [-0.2, -0.15) is 4.37 Å². The zero-order chi connectivity index (χ0) is 15.1. The van der Waals surface area contributed by atoms with Crippen LogP contribution in [0.3, 0.4) is 0 Å². The van der Waals surface area contributed by atoms with Gasteiger partial charge in [-0.25, -0.2) is 4.79 Å². The first-order valence-corrected chi connectivity index (χ1v) is 7.72. The number of carboxylic acid groups (broad SMARTS) is 1. The standard InChI is InChI=1S/C14H22N2O3S/c1-4-5-6-7-8-9-11(17)16(3)13-12(14(18)19)10(2)15-20-13/h4-9H2,1-3H3,(H,18,19). The number of hydrogen-bond donors (Lipinski definition) is 1. The van der Waals surface area contributed by atoms with E-state index in [9.17, 15) is 9.59 Å². The van der Waals surface area contributed by atoms with Crippen molar-refractivity contribution < 1.29 is 14.7 Å². The summed E-state index contributed by atoms with van der Waals surface area (Å²) in [5.41, 5.74) is 0.594. The van der Waals surface area contributed by atoms with Crippen molar-refractivity contribution in [2.45, 2.75) is 52.4 Å². The van der Waals surface area contributed by atoms with Crippen molar-refractivity contribution in [1.29, 1.82) is 0 Å². The van der Waals surface area contributed by atoms with Gasteiger partial charge in [0.05, 0.1) is 5.69 Å². The number of unbranched alkanes of at least 4 members (excludes halogenated alkanes) is 4. The Bertz CT molecular complexity index is 471. The maximum Gasteiger partial charge on any atom is 0.340 e. The Morgan fingerprint density at radius 2 is 1.90 bits per heavy atom. The molecule has 0 unspecified atom stereocenters. The maximum atomic E-state index is 12.1. The van der Waals surface area contributed by atoms with Crippen LogP contribution in [-0.4, -0.2) is 28.4 Å². The zero-order valence-electron chi connectivity index (χ0n) is 12.3. The van der Waals surface area contributed by atoms with Gasteiger partial charge in [-0.3, -0.25) is 4.79 Å². The maximum absolute atomic E-state index is 12.1. The molecule has 0 aliphatic heterocycles. The first-order chi connectivity index (χ1) is 9.49. The van der Waals surface area contributed by atoms with E-state index in [1.165, 1.54) is 17.7 Å². The summed E-state index contributed by atoms with van der Waals surface area (Å²) in [5.74, 6) is -1.08. The number of rotatable bonds is 8.